The lowest BCUT2D eigenvalue weighted by molar-refractivity contribution is 0.238. The van der Waals surface area contributed by atoms with Gasteiger partial charge in [-0.05, 0) is 74.5 Å². The van der Waals surface area contributed by atoms with E-state index in [4.69, 9.17) is 4.98 Å². The highest BCUT2D eigenvalue weighted by Crippen LogP contribution is 2.33. The van der Waals surface area contributed by atoms with E-state index in [1.165, 1.54) is 40.9 Å². The topological polar surface area (TPSA) is 34.0 Å². The zero-order valence-corrected chi connectivity index (χ0v) is 16.5. The molecule has 2 aromatic heterocycles. The number of rotatable bonds is 5. The van der Waals surface area contributed by atoms with E-state index in [2.05, 4.69) is 66.3 Å². The van der Waals surface area contributed by atoms with Crippen LogP contribution in [0.15, 0.2) is 48.7 Å². The Morgan fingerprint density at radius 1 is 1.11 bits per heavy atom. The predicted octanol–water partition coefficient (Wildman–Crippen LogP) is 4.36. The quantitative estimate of drug-likeness (QED) is 0.678. The van der Waals surface area contributed by atoms with Gasteiger partial charge in [0.25, 0.3) is 0 Å². The molecule has 4 nitrogen and oxygen atoms in total. The van der Waals surface area contributed by atoms with Crippen LogP contribution in [0.25, 0.3) is 0 Å². The van der Waals surface area contributed by atoms with Crippen LogP contribution in [0.3, 0.4) is 0 Å². The average Bonchev–Trinajstić information content (AvgIpc) is 3.26. The second-order valence-electron chi connectivity index (χ2n) is 7.72. The van der Waals surface area contributed by atoms with Crippen LogP contribution >= 0.6 is 0 Å². The minimum absolute atomic E-state index is 0.399. The SMILES string of the molecule is Cc1cc(Cc2ccccc2C)cc([C@@H]2CCCN2Cc2ccnn2C)n1. The fourth-order valence-corrected chi connectivity index (χ4v) is 4.18. The Kier molecular flexibility index (Phi) is 5.08. The Hall–Kier alpha value is -2.46. The van der Waals surface area contributed by atoms with E-state index in [0.29, 0.717) is 6.04 Å². The molecule has 4 rings (SSSR count). The summed E-state index contributed by atoms with van der Waals surface area (Å²) in [4.78, 5) is 7.47. The smallest absolute Gasteiger partial charge is 0.0581 e. The molecular weight excluding hydrogens is 332 g/mol. The van der Waals surface area contributed by atoms with Gasteiger partial charge in [0.1, 0.15) is 0 Å². The van der Waals surface area contributed by atoms with Crippen molar-refractivity contribution in [3.05, 3.63) is 82.4 Å². The van der Waals surface area contributed by atoms with Gasteiger partial charge in [-0.2, -0.15) is 5.10 Å². The number of aromatic nitrogens is 3. The molecule has 140 valence electrons. The van der Waals surface area contributed by atoms with E-state index in [0.717, 1.165) is 25.2 Å². The summed E-state index contributed by atoms with van der Waals surface area (Å²) in [5, 5.41) is 4.31. The predicted molar refractivity (Wildman–Crippen MR) is 109 cm³/mol. The maximum absolute atomic E-state index is 4.92. The first kappa shape index (κ1) is 17.9. The molecule has 4 heteroatoms. The second-order valence-corrected chi connectivity index (χ2v) is 7.72. The Morgan fingerprint density at radius 2 is 1.96 bits per heavy atom. The maximum Gasteiger partial charge on any atom is 0.0581 e. The molecule has 1 aromatic carbocycles. The van der Waals surface area contributed by atoms with Crippen LogP contribution in [0, 0.1) is 13.8 Å². The molecule has 1 atom stereocenters. The van der Waals surface area contributed by atoms with Crippen LogP contribution in [-0.2, 0) is 20.0 Å². The number of aryl methyl sites for hydroxylation is 3. The van der Waals surface area contributed by atoms with Gasteiger partial charge in [-0.25, -0.2) is 0 Å². The molecule has 0 aliphatic carbocycles. The van der Waals surface area contributed by atoms with Gasteiger partial charge in [0.2, 0.25) is 0 Å². The molecular formula is C23H28N4. The van der Waals surface area contributed by atoms with Crippen molar-refractivity contribution in [1.82, 2.24) is 19.7 Å². The van der Waals surface area contributed by atoms with Crippen LogP contribution in [0.1, 0.15) is 52.7 Å². The van der Waals surface area contributed by atoms with Crippen molar-refractivity contribution in [2.75, 3.05) is 6.54 Å². The fourth-order valence-electron chi connectivity index (χ4n) is 4.18. The highest BCUT2D eigenvalue weighted by atomic mass is 15.3. The number of hydrogen-bond acceptors (Lipinski definition) is 3. The van der Waals surface area contributed by atoms with Crippen molar-refractivity contribution in [1.29, 1.82) is 0 Å². The molecule has 0 unspecified atom stereocenters. The second kappa shape index (κ2) is 7.65. The number of likely N-dealkylation sites (tertiary alicyclic amines) is 1. The van der Waals surface area contributed by atoms with Crippen LogP contribution in [0.4, 0.5) is 0 Å². The van der Waals surface area contributed by atoms with Gasteiger partial charge >= 0.3 is 0 Å². The van der Waals surface area contributed by atoms with Gasteiger partial charge in [-0.1, -0.05) is 24.3 Å². The Morgan fingerprint density at radius 3 is 2.74 bits per heavy atom. The summed E-state index contributed by atoms with van der Waals surface area (Å²) in [6.45, 7) is 6.37. The summed E-state index contributed by atoms with van der Waals surface area (Å²) < 4.78 is 1.97. The normalized spacial score (nSPS) is 17.5. The molecule has 27 heavy (non-hydrogen) atoms. The summed E-state index contributed by atoms with van der Waals surface area (Å²) in [7, 11) is 2.02. The minimum Gasteiger partial charge on any atom is -0.289 e. The van der Waals surface area contributed by atoms with Gasteiger partial charge in [0.15, 0.2) is 0 Å². The van der Waals surface area contributed by atoms with Crippen molar-refractivity contribution in [3.8, 4) is 0 Å². The van der Waals surface area contributed by atoms with Crippen molar-refractivity contribution >= 4 is 0 Å². The summed E-state index contributed by atoms with van der Waals surface area (Å²) in [5.41, 5.74) is 7.70. The number of benzene rings is 1. The van der Waals surface area contributed by atoms with Gasteiger partial charge < -0.3 is 0 Å². The average molecular weight is 361 g/mol. The Bertz CT molecular complexity index is 928. The molecule has 1 fully saturated rings. The van der Waals surface area contributed by atoms with Crippen molar-refractivity contribution in [3.63, 3.8) is 0 Å². The molecule has 0 spiro atoms. The van der Waals surface area contributed by atoms with Crippen LogP contribution in [0.2, 0.25) is 0 Å². The Balaban J connectivity index is 1.58. The van der Waals surface area contributed by atoms with Crippen LogP contribution in [-0.4, -0.2) is 26.2 Å². The largest absolute Gasteiger partial charge is 0.289 e. The lowest BCUT2D eigenvalue weighted by Gasteiger charge is -2.24. The van der Waals surface area contributed by atoms with E-state index >= 15 is 0 Å². The third kappa shape index (κ3) is 3.96. The maximum atomic E-state index is 4.92. The minimum atomic E-state index is 0.399. The first-order valence-electron chi connectivity index (χ1n) is 9.83. The molecule has 0 bridgehead atoms. The van der Waals surface area contributed by atoms with E-state index < -0.39 is 0 Å². The molecule has 1 aliphatic heterocycles. The van der Waals surface area contributed by atoms with Gasteiger partial charge in [0.05, 0.1) is 17.4 Å². The number of nitrogens with zero attached hydrogens (tertiary/aromatic N) is 4. The lowest BCUT2D eigenvalue weighted by atomic mass is 9.98. The summed E-state index contributed by atoms with van der Waals surface area (Å²) in [6, 6.07) is 15.7. The van der Waals surface area contributed by atoms with Crippen molar-refractivity contribution < 1.29 is 0 Å². The molecule has 0 amide bonds. The molecule has 3 heterocycles. The third-order valence-electron chi connectivity index (χ3n) is 5.68. The zero-order valence-electron chi connectivity index (χ0n) is 16.5. The summed E-state index contributed by atoms with van der Waals surface area (Å²) in [5.74, 6) is 0. The van der Waals surface area contributed by atoms with E-state index in [1.807, 2.05) is 17.9 Å². The van der Waals surface area contributed by atoms with Crippen LogP contribution in [0.5, 0.6) is 0 Å². The van der Waals surface area contributed by atoms with E-state index in [1.54, 1.807) is 0 Å². The number of hydrogen-bond donors (Lipinski definition) is 0. The van der Waals surface area contributed by atoms with Crippen molar-refractivity contribution in [2.24, 2.45) is 7.05 Å². The zero-order chi connectivity index (χ0) is 18.8. The molecule has 0 radical (unpaired) electrons. The highest BCUT2D eigenvalue weighted by molar-refractivity contribution is 5.34. The first-order valence-corrected chi connectivity index (χ1v) is 9.83. The molecule has 1 saturated heterocycles. The lowest BCUT2D eigenvalue weighted by Crippen LogP contribution is -2.25. The van der Waals surface area contributed by atoms with Crippen LogP contribution < -0.4 is 0 Å². The fraction of sp³-hybridized carbons (Fsp3) is 0.391. The van der Waals surface area contributed by atoms with Gasteiger partial charge in [-0.3, -0.25) is 14.6 Å². The van der Waals surface area contributed by atoms with E-state index in [-0.39, 0.29) is 0 Å². The summed E-state index contributed by atoms with van der Waals surface area (Å²) in [6.07, 6.45) is 5.26. The first-order chi connectivity index (χ1) is 13.1. The van der Waals surface area contributed by atoms with Gasteiger partial charge in [-0.15, -0.1) is 0 Å². The molecule has 0 saturated carbocycles. The molecule has 1 aliphatic rings. The monoisotopic (exact) mass is 360 g/mol. The van der Waals surface area contributed by atoms with Crippen molar-refractivity contribution in [2.45, 2.75) is 45.7 Å². The molecule has 3 aromatic rings. The van der Waals surface area contributed by atoms with Gasteiger partial charge in [0, 0.05) is 25.5 Å². The highest BCUT2D eigenvalue weighted by Gasteiger charge is 2.28. The Labute approximate surface area is 161 Å². The molecule has 0 N–H and O–H groups in total. The standard InChI is InChI=1S/C23H28N4/c1-17-7-4-5-8-20(17)14-19-13-18(2)25-22(15-19)23-9-6-12-27(23)16-21-10-11-24-26(21)3/h4-5,7-8,10-11,13,15,23H,6,9,12,14,16H2,1-3H3/t23-/m0/s1. The summed E-state index contributed by atoms with van der Waals surface area (Å²) >= 11 is 0. The number of pyridine rings is 1. The van der Waals surface area contributed by atoms with E-state index in [9.17, 15) is 0 Å². The third-order valence-corrected chi connectivity index (χ3v) is 5.68.